The van der Waals surface area contributed by atoms with Gasteiger partial charge in [-0.2, -0.15) is 0 Å². The van der Waals surface area contributed by atoms with Crippen LogP contribution in [0.4, 0.5) is 22.7 Å². The van der Waals surface area contributed by atoms with E-state index < -0.39 is 92.4 Å². The third kappa shape index (κ3) is 11.9. The first-order valence-corrected chi connectivity index (χ1v) is 28.7. The molecule has 2 amide bonds. The lowest BCUT2D eigenvalue weighted by Gasteiger charge is -2.48. The molecule has 10 atom stereocenters. The van der Waals surface area contributed by atoms with E-state index in [1.165, 1.54) is 48.5 Å². The predicted octanol–water partition coefficient (Wildman–Crippen LogP) is 11.8. The standard InChI is InChI=1S/2C32H24ClN3O7.2CH4O/c2*33-22-14-10-20(11-15-22)28-29(36(41)42)24(19-6-2-1-3-7-19)18-27(32(28)25-8-4-5-9-26(25)34-31(32)38)43-30(37)21-12-16-23(17-13-21)35(39)40;2*1-2/h2*1-17,24,27-29H,18H2,(H,34,38);2*2H,1H3/t2*24-,27+,28-,29+,32+;;/m00../s1. The van der Waals surface area contributed by atoms with E-state index in [0.717, 1.165) is 14.2 Å². The number of anilines is 2. The zero-order chi connectivity index (χ0) is 64.6. The average Bonchev–Trinajstić information content (AvgIpc) is 1.41. The highest BCUT2D eigenvalue weighted by Crippen LogP contribution is 2.61. The summed E-state index contributed by atoms with van der Waals surface area (Å²) in [7, 11) is 2.00. The molecule has 24 heteroatoms. The third-order valence-electron chi connectivity index (χ3n) is 17.0. The molecule has 460 valence electrons. The first-order valence-electron chi connectivity index (χ1n) is 27.9. The number of benzene rings is 8. The average molecular weight is 1260 g/mol. The number of non-ortho nitro benzene ring substituents is 2. The third-order valence-corrected chi connectivity index (χ3v) is 17.5. The second-order valence-electron chi connectivity index (χ2n) is 21.2. The van der Waals surface area contributed by atoms with Crippen LogP contribution in [0.15, 0.2) is 206 Å². The van der Waals surface area contributed by atoms with Crippen LogP contribution in [0.1, 0.15) is 90.6 Å². The fourth-order valence-electron chi connectivity index (χ4n) is 13.4. The van der Waals surface area contributed by atoms with Crippen LogP contribution in [0.3, 0.4) is 0 Å². The minimum Gasteiger partial charge on any atom is -0.457 e. The minimum atomic E-state index is -1.68. The summed E-state index contributed by atoms with van der Waals surface area (Å²) in [6.45, 7) is 0. The number of rotatable bonds is 12. The van der Waals surface area contributed by atoms with Crippen LogP contribution in [0.25, 0.3) is 0 Å². The van der Waals surface area contributed by atoms with Gasteiger partial charge in [-0.15, -0.1) is 0 Å². The molecule has 22 nitrogen and oxygen atoms in total. The number of nitro benzene ring substituents is 2. The Labute approximate surface area is 523 Å². The molecule has 4 aliphatic rings. The van der Waals surface area contributed by atoms with E-state index in [4.69, 9.17) is 42.9 Å². The molecule has 2 saturated carbocycles. The summed E-state index contributed by atoms with van der Waals surface area (Å²) in [5.74, 6) is -6.28. The van der Waals surface area contributed by atoms with Crippen LogP contribution in [0.5, 0.6) is 0 Å². The van der Waals surface area contributed by atoms with E-state index in [1.807, 2.05) is 0 Å². The summed E-state index contributed by atoms with van der Waals surface area (Å²) in [6, 6.07) is 52.2. The molecular formula is C66H56Cl2N6O16. The van der Waals surface area contributed by atoms with Gasteiger partial charge < -0.3 is 30.3 Å². The highest BCUT2D eigenvalue weighted by atomic mass is 35.5. The van der Waals surface area contributed by atoms with Crippen molar-refractivity contribution in [3.8, 4) is 0 Å². The number of fused-ring (bicyclic) bond motifs is 4. The molecule has 2 heterocycles. The molecule has 8 aromatic rings. The Balaban J connectivity index is 0.000000202. The normalized spacial score (nSPS) is 23.2. The Morgan fingerprint density at radius 2 is 0.756 bits per heavy atom. The van der Waals surface area contributed by atoms with Crippen LogP contribution in [-0.4, -0.2) is 92.2 Å². The lowest BCUT2D eigenvalue weighted by Crippen LogP contribution is -2.61. The molecule has 2 aliphatic heterocycles. The maximum atomic E-state index is 14.3. The number of nitrogens with zero attached hydrogens (tertiary/aromatic N) is 4. The molecule has 2 aliphatic carbocycles. The summed E-state index contributed by atoms with van der Waals surface area (Å²) in [5.41, 5.74) is 0.587. The van der Waals surface area contributed by atoms with Gasteiger partial charge in [0.05, 0.1) is 44.6 Å². The lowest BCUT2D eigenvalue weighted by molar-refractivity contribution is -0.537. The van der Waals surface area contributed by atoms with Crippen LogP contribution in [0, 0.1) is 40.5 Å². The monoisotopic (exact) mass is 1260 g/mol. The predicted molar refractivity (Wildman–Crippen MR) is 332 cm³/mol. The highest BCUT2D eigenvalue weighted by Gasteiger charge is 2.70. The fourth-order valence-corrected chi connectivity index (χ4v) is 13.6. The van der Waals surface area contributed by atoms with Gasteiger partial charge in [0.1, 0.15) is 23.0 Å². The Kier molecular flexibility index (Phi) is 19.6. The number of ether oxygens (including phenoxy) is 2. The van der Waals surface area contributed by atoms with Gasteiger partial charge >= 0.3 is 11.9 Å². The van der Waals surface area contributed by atoms with Crippen molar-refractivity contribution in [1.82, 2.24) is 0 Å². The maximum absolute atomic E-state index is 14.3. The zero-order valence-corrected chi connectivity index (χ0v) is 49.3. The van der Waals surface area contributed by atoms with E-state index in [2.05, 4.69) is 10.6 Å². The maximum Gasteiger partial charge on any atom is 0.338 e. The number of nitro groups is 4. The Bertz CT molecular complexity index is 3720. The first-order chi connectivity index (χ1) is 43.4. The SMILES string of the molecule is CO.CO.O=C(O[C@@H]1C[C@@H](c2ccccc2)[C@@H]([N+](=O)[O-])[C@H](c2ccc(Cl)cc2)[C@]12C(=O)Nc1ccccc12)c1ccc([N+](=O)[O-])cc1.O=C(O[C@@H]1C[C@@H](c2ccccc2)[C@@H]([N+](=O)[O-])[C@H](c2ccc(Cl)cc2)[C@]12C(=O)Nc1ccccc12)c1ccc([N+](=O)[O-])cc1. The second kappa shape index (κ2) is 27.4. The smallest absolute Gasteiger partial charge is 0.338 e. The number of hydrogen-bond acceptors (Lipinski definition) is 16. The molecule has 12 rings (SSSR count). The number of carbonyl (C=O) groups is 4. The van der Waals surface area contributed by atoms with Crippen LogP contribution < -0.4 is 10.6 Å². The molecule has 0 saturated heterocycles. The van der Waals surface area contributed by atoms with Crippen molar-refractivity contribution in [2.24, 2.45) is 0 Å². The second-order valence-corrected chi connectivity index (χ2v) is 22.1. The Morgan fingerprint density at radius 3 is 1.07 bits per heavy atom. The van der Waals surface area contributed by atoms with E-state index in [1.54, 1.807) is 158 Å². The van der Waals surface area contributed by atoms with Crippen molar-refractivity contribution in [2.75, 3.05) is 24.9 Å². The van der Waals surface area contributed by atoms with E-state index >= 15 is 0 Å². The van der Waals surface area contributed by atoms with Crippen molar-refractivity contribution in [3.63, 3.8) is 0 Å². The molecule has 0 bridgehead atoms. The van der Waals surface area contributed by atoms with Gasteiger partial charge in [-0.05, 0) is 107 Å². The zero-order valence-electron chi connectivity index (χ0n) is 47.8. The molecular weight excluding hydrogens is 1200 g/mol. The number of aliphatic hydroxyl groups is 2. The van der Waals surface area contributed by atoms with Gasteiger partial charge in [0.2, 0.25) is 23.9 Å². The van der Waals surface area contributed by atoms with Gasteiger partial charge in [-0.1, -0.05) is 145 Å². The molecule has 8 aromatic carbocycles. The van der Waals surface area contributed by atoms with Crippen LogP contribution in [0.2, 0.25) is 10.0 Å². The van der Waals surface area contributed by atoms with Crippen LogP contribution >= 0.6 is 23.2 Å². The van der Waals surface area contributed by atoms with Gasteiger partial charge in [-0.3, -0.25) is 50.0 Å². The molecule has 0 radical (unpaired) electrons. The number of para-hydroxylation sites is 2. The Morgan fingerprint density at radius 1 is 0.444 bits per heavy atom. The molecule has 0 unspecified atom stereocenters. The molecule has 2 fully saturated rings. The summed E-state index contributed by atoms with van der Waals surface area (Å²) in [4.78, 5) is 102. The van der Waals surface area contributed by atoms with Gasteiger partial charge in [0.15, 0.2) is 0 Å². The van der Waals surface area contributed by atoms with Gasteiger partial charge in [-0.25, -0.2) is 9.59 Å². The van der Waals surface area contributed by atoms with Gasteiger partial charge in [0, 0.05) is 69.8 Å². The number of carbonyl (C=O) groups excluding carboxylic acids is 4. The number of hydrogen-bond donors (Lipinski definition) is 4. The summed E-state index contributed by atoms with van der Waals surface area (Å²) in [5, 5.41) is 69.1. The molecule has 90 heavy (non-hydrogen) atoms. The molecule has 4 N–H and O–H groups in total. The Hall–Kier alpha value is -10.3. The van der Waals surface area contributed by atoms with Crippen LogP contribution in [-0.2, 0) is 29.9 Å². The molecule has 2 spiro atoms. The summed E-state index contributed by atoms with van der Waals surface area (Å²) in [6.07, 6.45) is -2.36. The van der Waals surface area contributed by atoms with Crippen molar-refractivity contribution in [2.45, 2.75) is 71.6 Å². The number of esters is 2. The fraction of sp³-hybridized carbons (Fsp3) is 0.212. The van der Waals surface area contributed by atoms with Crippen molar-refractivity contribution < 1.29 is 58.6 Å². The minimum absolute atomic E-state index is 0.0276. The number of halogens is 2. The van der Waals surface area contributed by atoms with E-state index in [0.29, 0.717) is 54.8 Å². The van der Waals surface area contributed by atoms with E-state index in [9.17, 15) is 59.6 Å². The number of aliphatic hydroxyl groups excluding tert-OH is 2. The van der Waals surface area contributed by atoms with Gasteiger partial charge in [0.25, 0.3) is 11.4 Å². The van der Waals surface area contributed by atoms with Crippen molar-refractivity contribution >= 4 is 69.7 Å². The number of amides is 2. The summed E-state index contributed by atoms with van der Waals surface area (Å²) < 4.78 is 12.4. The lowest BCUT2D eigenvalue weighted by atomic mass is 9.54. The first kappa shape index (κ1) is 64.2. The summed E-state index contributed by atoms with van der Waals surface area (Å²) >= 11 is 12.4. The topological polar surface area (TPSA) is 324 Å². The molecule has 0 aromatic heterocycles. The van der Waals surface area contributed by atoms with Crippen molar-refractivity contribution in [1.29, 1.82) is 0 Å². The van der Waals surface area contributed by atoms with Crippen molar-refractivity contribution in [3.05, 3.63) is 301 Å². The highest BCUT2D eigenvalue weighted by molar-refractivity contribution is 6.30. The largest absolute Gasteiger partial charge is 0.457 e. The number of nitrogens with one attached hydrogen (secondary N) is 2. The quantitative estimate of drug-likeness (QED) is 0.0502. The van der Waals surface area contributed by atoms with E-state index in [-0.39, 0.29) is 45.2 Å².